The second-order valence-electron chi connectivity index (χ2n) is 7.80. The Morgan fingerprint density at radius 1 is 1.11 bits per heavy atom. The number of benzene rings is 1. The van der Waals surface area contributed by atoms with Crippen LogP contribution in [0.4, 0.5) is 11.5 Å². The third kappa shape index (κ3) is 11.8. The maximum atomic E-state index is 12.2. The number of nitrogens with zero attached hydrogens (tertiary/aromatic N) is 2. The van der Waals surface area contributed by atoms with Gasteiger partial charge >= 0.3 is 5.97 Å². The van der Waals surface area contributed by atoms with Crippen LogP contribution in [0.15, 0.2) is 42.6 Å². The van der Waals surface area contributed by atoms with Gasteiger partial charge in [-0.1, -0.05) is 18.6 Å². The topological polar surface area (TPSA) is 164 Å². The molecule has 1 heterocycles. The molecule has 0 aliphatic carbocycles. The summed E-state index contributed by atoms with van der Waals surface area (Å²) < 4.78 is 0. The van der Waals surface area contributed by atoms with E-state index in [1.54, 1.807) is 6.20 Å². The number of pyridine rings is 1. The van der Waals surface area contributed by atoms with E-state index in [1.807, 2.05) is 19.1 Å². The minimum atomic E-state index is -1.17. The Morgan fingerprint density at radius 2 is 1.89 bits per heavy atom. The molecule has 1 radical (unpaired) electrons. The van der Waals surface area contributed by atoms with Gasteiger partial charge < -0.3 is 21.1 Å². The van der Waals surface area contributed by atoms with Crippen LogP contribution in [-0.2, 0) is 14.4 Å². The molecule has 2 rings (SSSR count). The number of carbonyl (C=O) groups excluding carboxylic acids is 2. The number of carbonyl (C=O) groups is 3. The monoisotopic (exact) mass is 494 g/mol. The molecule has 0 fully saturated rings. The van der Waals surface area contributed by atoms with Crippen molar-refractivity contribution >= 4 is 58.8 Å². The number of aliphatic carboxylic acids is 1. The molecule has 0 aliphatic heterocycles. The van der Waals surface area contributed by atoms with Gasteiger partial charge in [0.05, 0.1) is 23.9 Å². The number of carboxylic acid groups (broad SMARTS) is 1. The summed E-state index contributed by atoms with van der Waals surface area (Å²) in [5.41, 5.74) is 1.21. The molecule has 0 saturated carbocycles. The number of aromatic nitrogens is 1. The predicted molar refractivity (Wildman–Crippen MR) is 131 cm³/mol. The molecule has 35 heavy (non-hydrogen) atoms. The average molecular weight is 495 g/mol. The number of nitro groups is 1. The zero-order valence-corrected chi connectivity index (χ0v) is 22.0. The van der Waals surface area contributed by atoms with E-state index in [-0.39, 0.29) is 54.1 Å². The van der Waals surface area contributed by atoms with Gasteiger partial charge in [0, 0.05) is 60.9 Å². The molecule has 4 N–H and O–H groups in total. The predicted octanol–water partition coefficient (Wildman–Crippen LogP) is 2.34. The molecule has 11 nitrogen and oxygen atoms in total. The van der Waals surface area contributed by atoms with Crippen LogP contribution in [0.1, 0.15) is 49.3 Å². The van der Waals surface area contributed by atoms with Crippen molar-refractivity contribution in [3.8, 4) is 0 Å². The van der Waals surface area contributed by atoms with Crippen LogP contribution in [0.3, 0.4) is 0 Å². The van der Waals surface area contributed by atoms with Gasteiger partial charge in [0.25, 0.3) is 5.69 Å². The molecule has 2 aromatic rings. The minimum Gasteiger partial charge on any atom is -0.481 e. The fourth-order valence-electron chi connectivity index (χ4n) is 3.23. The molecule has 1 aromatic heterocycles. The van der Waals surface area contributed by atoms with Gasteiger partial charge in [-0.2, -0.15) is 0 Å². The van der Waals surface area contributed by atoms with Crippen LogP contribution >= 0.6 is 0 Å². The zero-order valence-electron chi connectivity index (χ0n) is 20.0. The van der Waals surface area contributed by atoms with E-state index in [2.05, 4.69) is 20.9 Å². The van der Waals surface area contributed by atoms with Gasteiger partial charge in [0.15, 0.2) is 0 Å². The fourth-order valence-corrected chi connectivity index (χ4v) is 3.23. The van der Waals surface area contributed by atoms with E-state index < -0.39 is 29.3 Å². The summed E-state index contributed by atoms with van der Waals surface area (Å²) in [7, 11) is 0. The van der Waals surface area contributed by atoms with Gasteiger partial charge in [0.2, 0.25) is 11.8 Å². The van der Waals surface area contributed by atoms with E-state index in [4.69, 9.17) is 5.11 Å². The number of rotatable bonds is 14. The zero-order chi connectivity index (χ0) is 24.9. The summed E-state index contributed by atoms with van der Waals surface area (Å²) in [6.45, 7) is 2.42. The van der Waals surface area contributed by atoms with Gasteiger partial charge in [-0.05, 0) is 43.0 Å². The normalized spacial score (nSPS) is 11.0. The van der Waals surface area contributed by atoms with E-state index in [0.29, 0.717) is 12.0 Å². The van der Waals surface area contributed by atoms with Gasteiger partial charge in [0.1, 0.15) is 5.82 Å². The van der Waals surface area contributed by atoms with Crippen molar-refractivity contribution in [1.29, 1.82) is 0 Å². The van der Waals surface area contributed by atoms with Crippen LogP contribution in [0.5, 0.6) is 0 Å². The molecule has 12 heteroatoms. The largest absolute Gasteiger partial charge is 0.481 e. The summed E-state index contributed by atoms with van der Waals surface area (Å²) in [6.07, 6.45) is 3.90. The third-order valence-corrected chi connectivity index (χ3v) is 4.95. The summed E-state index contributed by atoms with van der Waals surface area (Å²) in [5, 5.41) is 28.4. The molecule has 2 amide bonds. The van der Waals surface area contributed by atoms with Crippen molar-refractivity contribution in [2.75, 3.05) is 18.4 Å². The SMILES string of the molecule is Cc1ccnc(NCCCCCC(=O)NCC(=O)NC(CC(=O)O)c2cccc([N+](=O)[O-])c2)c1.[Na]. The van der Waals surface area contributed by atoms with Crippen molar-refractivity contribution < 1.29 is 24.4 Å². The summed E-state index contributed by atoms with van der Waals surface area (Å²) in [4.78, 5) is 50.0. The van der Waals surface area contributed by atoms with E-state index in [1.165, 1.54) is 24.3 Å². The second-order valence-corrected chi connectivity index (χ2v) is 7.80. The molecular formula is C23H29N5NaO6. The molecule has 1 aromatic carbocycles. The maximum absolute atomic E-state index is 12.2. The average Bonchev–Trinajstić information content (AvgIpc) is 2.79. The number of hydrogen-bond acceptors (Lipinski definition) is 7. The molecule has 0 aliphatic rings. The molecular weight excluding hydrogens is 465 g/mol. The first-order chi connectivity index (χ1) is 16.2. The molecule has 0 bridgehead atoms. The Balaban J connectivity index is 0.00000612. The number of nitro benzene ring substituents is 1. The van der Waals surface area contributed by atoms with E-state index >= 15 is 0 Å². The Labute approximate surface area is 225 Å². The Morgan fingerprint density at radius 3 is 2.57 bits per heavy atom. The van der Waals surface area contributed by atoms with Crippen LogP contribution in [0.2, 0.25) is 0 Å². The smallest absolute Gasteiger partial charge is 0.305 e. The fraction of sp³-hybridized carbons (Fsp3) is 0.391. The van der Waals surface area contributed by atoms with Crippen molar-refractivity contribution in [3.63, 3.8) is 0 Å². The number of anilines is 1. The molecule has 1 atom stereocenters. The van der Waals surface area contributed by atoms with Crippen molar-refractivity contribution in [1.82, 2.24) is 15.6 Å². The number of aryl methyl sites for hydroxylation is 1. The Kier molecular flexibility index (Phi) is 13.5. The Hall–Kier alpha value is -3.02. The number of unbranched alkanes of at least 4 members (excludes halogenated alkanes) is 2. The van der Waals surface area contributed by atoms with Crippen LogP contribution in [0.25, 0.3) is 0 Å². The first-order valence-corrected chi connectivity index (χ1v) is 10.9. The maximum Gasteiger partial charge on any atom is 0.305 e. The van der Waals surface area contributed by atoms with E-state index in [9.17, 15) is 24.5 Å². The van der Waals surface area contributed by atoms with Gasteiger partial charge in [-0.25, -0.2) is 4.98 Å². The van der Waals surface area contributed by atoms with Gasteiger partial charge in [-0.3, -0.25) is 24.5 Å². The summed E-state index contributed by atoms with van der Waals surface area (Å²) >= 11 is 0. The number of hydrogen-bond donors (Lipinski definition) is 4. The molecule has 0 spiro atoms. The second kappa shape index (κ2) is 15.8. The van der Waals surface area contributed by atoms with E-state index in [0.717, 1.165) is 30.8 Å². The molecule has 1 unspecified atom stereocenters. The van der Waals surface area contributed by atoms with Crippen molar-refractivity contribution in [2.45, 2.75) is 45.1 Å². The number of non-ortho nitro benzene ring substituents is 1. The van der Waals surface area contributed by atoms with Crippen molar-refractivity contribution in [3.05, 3.63) is 63.8 Å². The summed E-state index contributed by atoms with van der Waals surface area (Å²) in [6, 6.07) is 8.34. The van der Waals surface area contributed by atoms with Crippen LogP contribution < -0.4 is 16.0 Å². The number of carboxylic acids is 1. The van der Waals surface area contributed by atoms with Crippen LogP contribution in [0, 0.1) is 17.0 Å². The standard InChI is InChI=1S/C23H29N5O6.Na/c1-16-9-11-25-20(12-16)24-10-4-2-3-8-21(29)26-15-22(30)27-19(14-23(31)32)17-6-5-7-18(13-17)28(33)34;/h5-7,9,11-13,19H,2-4,8,10,14-15H2,1H3,(H,24,25)(H,26,29)(H,27,30)(H,31,32);. The first kappa shape index (κ1) is 30.0. The quantitative estimate of drug-likeness (QED) is 0.135. The van der Waals surface area contributed by atoms with Crippen LogP contribution in [-0.4, -0.2) is 75.4 Å². The third-order valence-electron chi connectivity index (χ3n) is 4.95. The molecule has 183 valence electrons. The van der Waals surface area contributed by atoms with Gasteiger partial charge in [-0.15, -0.1) is 0 Å². The molecule has 0 saturated heterocycles. The van der Waals surface area contributed by atoms with Crippen molar-refractivity contribution in [2.24, 2.45) is 0 Å². The Bertz CT molecular complexity index is 1020. The number of nitrogens with one attached hydrogen (secondary N) is 3. The first-order valence-electron chi connectivity index (χ1n) is 10.9. The minimum absolute atomic E-state index is 0. The summed E-state index contributed by atoms with van der Waals surface area (Å²) in [5.74, 6) is -1.22. The number of amides is 2.